The average Bonchev–Trinajstić information content (AvgIpc) is 3.09. The highest BCUT2D eigenvalue weighted by molar-refractivity contribution is 7.80. The molecule has 1 aliphatic rings. The van der Waals surface area contributed by atoms with Gasteiger partial charge in [-0.2, -0.15) is 5.10 Å². The number of halogens is 1. The Kier molecular flexibility index (Phi) is 6.01. The summed E-state index contributed by atoms with van der Waals surface area (Å²) >= 11 is 11.5. The molecule has 1 aromatic rings. The summed E-state index contributed by atoms with van der Waals surface area (Å²) in [5.74, 6) is -0.109. The predicted molar refractivity (Wildman–Crippen MR) is 95.9 cm³/mol. The molecule has 8 heteroatoms. The molecular formula is C15H22ClN5OS. The van der Waals surface area contributed by atoms with Gasteiger partial charge in [0.25, 0.3) is 5.91 Å². The molecule has 0 saturated carbocycles. The molecule has 1 aromatic heterocycles. The van der Waals surface area contributed by atoms with E-state index < -0.39 is 0 Å². The first-order valence-corrected chi connectivity index (χ1v) is 8.48. The molecule has 0 aromatic carbocycles. The van der Waals surface area contributed by atoms with Gasteiger partial charge in [0, 0.05) is 38.3 Å². The van der Waals surface area contributed by atoms with Crippen molar-refractivity contribution in [2.45, 2.75) is 26.7 Å². The smallest absolute Gasteiger partial charge is 0.265 e. The third-order valence-corrected chi connectivity index (χ3v) is 4.44. The summed E-state index contributed by atoms with van der Waals surface area (Å²) < 4.78 is 1.59. The van der Waals surface area contributed by atoms with Crippen molar-refractivity contribution in [3.63, 3.8) is 0 Å². The van der Waals surface area contributed by atoms with E-state index in [1.807, 2.05) is 11.9 Å². The standard InChI is InChI=1S/C15H22ClN5OS/c1-4-8-17-15(23)21-10-5-9-20(21)13(22)7-6-12-11(2)18-19(3)14(12)16/h6-7H,4-5,8-10H2,1-3H3,(H,17,23). The van der Waals surface area contributed by atoms with Crippen LogP contribution in [-0.2, 0) is 11.8 Å². The van der Waals surface area contributed by atoms with Crippen LogP contribution in [0, 0.1) is 6.92 Å². The minimum Gasteiger partial charge on any atom is -0.361 e. The molecule has 1 fully saturated rings. The molecule has 0 atom stereocenters. The Morgan fingerprint density at radius 1 is 1.43 bits per heavy atom. The van der Waals surface area contributed by atoms with Crippen LogP contribution in [0.15, 0.2) is 6.08 Å². The van der Waals surface area contributed by atoms with Crippen molar-refractivity contribution in [2.24, 2.45) is 7.05 Å². The predicted octanol–water partition coefficient (Wildman–Crippen LogP) is 2.13. The van der Waals surface area contributed by atoms with E-state index in [-0.39, 0.29) is 5.91 Å². The lowest BCUT2D eigenvalue weighted by molar-refractivity contribution is -0.133. The second kappa shape index (κ2) is 7.79. The van der Waals surface area contributed by atoms with E-state index >= 15 is 0 Å². The lowest BCUT2D eigenvalue weighted by atomic mass is 10.2. The number of amides is 1. The summed E-state index contributed by atoms with van der Waals surface area (Å²) in [7, 11) is 1.77. The second-order valence-electron chi connectivity index (χ2n) is 5.42. The number of thiocarbonyl (C=S) groups is 1. The fourth-order valence-electron chi connectivity index (χ4n) is 2.45. The SMILES string of the molecule is CCCNC(=S)N1CCCN1C(=O)C=Cc1c(C)nn(C)c1Cl. The van der Waals surface area contributed by atoms with Crippen molar-refractivity contribution in [3.05, 3.63) is 22.5 Å². The normalized spacial score (nSPS) is 14.8. The van der Waals surface area contributed by atoms with Gasteiger partial charge in [-0.1, -0.05) is 18.5 Å². The van der Waals surface area contributed by atoms with E-state index in [0.717, 1.165) is 37.2 Å². The number of hydrogen-bond donors (Lipinski definition) is 1. The molecule has 0 unspecified atom stereocenters. The van der Waals surface area contributed by atoms with Gasteiger partial charge in [-0.05, 0) is 38.1 Å². The lowest BCUT2D eigenvalue weighted by Crippen LogP contribution is -2.48. The minimum absolute atomic E-state index is 0.109. The van der Waals surface area contributed by atoms with E-state index in [9.17, 15) is 4.79 Å². The lowest BCUT2D eigenvalue weighted by Gasteiger charge is -2.29. The number of rotatable bonds is 4. The topological polar surface area (TPSA) is 53.4 Å². The van der Waals surface area contributed by atoms with Crippen molar-refractivity contribution in [1.29, 1.82) is 0 Å². The van der Waals surface area contributed by atoms with Crippen molar-refractivity contribution in [3.8, 4) is 0 Å². The third-order valence-electron chi connectivity index (χ3n) is 3.64. The van der Waals surface area contributed by atoms with Crippen LogP contribution < -0.4 is 5.32 Å². The summed E-state index contributed by atoms with van der Waals surface area (Å²) in [4.78, 5) is 12.5. The number of carbonyl (C=O) groups is 1. The summed E-state index contributed by atoms with van der Waals surface area (Å²) in [5.41, 5.74) is 1.56. The molecule has 2 heterocycles. The van der Waals surface area contributed by atoms with Gasteiger partial charge in [-0.25, -0.2) is 5.01 Å². The number of hydrazine groups is 1. The maximum atomic E-state index is 12.5. The van der Waals surface area contributed by atoms with Gasteiger partial charge >= 0.3 is 0 Å². The molecule has 0 bridgehead atoms. The fraction of sp³-hybridized carbons (Fsp3) is 0.533. The number of hydrogen-bond acceptors (Lipinski definition) is 3. The van der Waals surface area contributed by atoms with Gasteiger partial charge < -0.3 is 5.32 Å². The van der Waals surface area contributed by atoms with Gasteiger partial charge in [0.05, 0.1) is 5.69 Å². The molecule has 0 aliphatic carbocycles. The van der Waals surface area contributed by atoms with Crippen molar-refractivity contribution in [2.75, 3.05) is 19.6 Å². The van der Waals surface area contributed by atoms with Gasteiger partial charge in [0.15, 0.2) is 5.11 Å². The van der Waals surface area contributed by atoms with Crippen molar-refractivity contribution in [1.82, 2.24) is 25.1 Å². The molecule has 0 spiro atoms. The Balaban J connectivity index is 2.07. The quantitative estimate of drug-likeness (QED) is 0.662. The Labute approximate surface area is 147 Å². The van der Waals surface area contributed by atoms with Crippen molar-refractivity contribution < 1.29 is 4.79 Å². The number of aryl methyl sites for hydroxylation is 2. The fourth-order valence-corrected chi connectivity index (χ4v) is 2.98. The summed E-state index contributed by atoms with van der Waals surface area (Å²) in [5, 5.41) is 12.0. The number of aromatic nitrogens is 2. The Hall–Kier alpha value is -1.60. The van der Waals surface area contributed by atoms with E-state index in [4.69, 9.17) is 23.8 Å². The maximum absolute atomic E-state index is 12.5. The summed E-state index contributed by atoms with van der Waals surface area (Å²) in [6.07, 6.45) is 5.13. The number of nitrogens with zero attached hydrogens (tertiary/aromatic N) is 4. The Bertz CT molecular complexity index is 628. The molecule has 2 rings (SSSR count). The van der Waals surface area contributed by atoms with E-state index in [1.54, 1.807) is 22.8 Å². The van der Waals surface area contributed by atoms with Crippen LogP contribution in [0.5, 0.6) is 0 Å². The molecule has 1 saturated heterocycles. The van der Waals surface area contributed by atoms with Gasteiger partial charge in [-0.3, -0.25) is 14.5 Å². The highest BCUT2D eigenvalue weighted by atomic mass is 35.5. The molecule has 1 N–H and O–H groups in total. The van der Waals surface area contributed by atoms with Crippen LogP contribution in [0.4, 0.5) is 0 Å². The zero-order valence-corrected chi connectivity index (χ0v) is 15.2. The highest BCUT2D eigenvalue weighted by Gasteiger charge is 2.27. The molecule has 6 nitrogen and oxygen atoms in total. The van der Waals surface area contributed by atoms with Crippen LogP contribution in [0.25, 0.3) is 6.08 Å². The third kappa shape index (κ3) is 4.03. The number of nitrogens with one attached hydrogen (secondary N) is 1. The van der Waals surface area contributed by atoms with Gasteiger partial charge in [0.1, 0.15) is 5.15 Å². The van der Waals surface area contributed by atoms with Crippen molar-refractivity contribution >= 4 is 40.9 Å². The molecule has 23 heavy (non-hydrogen) atoms. The van der Waals surface area contributed by atoms with Crippen LogP contribution in [0.2, 0.25) is 5.15 Å². The highest BCUT2D eigenvalue weighted by Crippen LogP contribution is 2.20. The second-order valence-corrected chi connectivity index (χ2v) is 6.16. The number of carbonyl (C=O) groups excluding carboxylic acids is 1. The molecule has 1 amide bonds. The average molecular weight is 356 g/mol. The molecule has 1 aliphatic heterocycles. The first-order chi connectivity index (χ1) is 11.0. The van der Waals surface area contributed by atoms with Crippen LogP contribution in [0.1, 0.15) is 31.0 Å². The first kappa shape index (κ1) is 17.7. The van der Waals surface area contributed by atoms with Crippen LogP contribution >= 0.6 is 23.8 Å². The monoisotopic (exact) mass is 355 g/mol. The molecule has 126 valence electrons. The summed E-state index contributed by atoms with van der Waals surface area (Å²) in [6.45, 7) is 6.16. The first-order valence-electron chi connectivity index (χ1n) is 7.69. The van der Waals surface area contributed by atoms with Gasteiger partial charge in [-0.15, -0.1) is 0 Å². The van der Waals surface area contributed by atoms with Gasteiger partial charge in [0.2, 0.25) is 0 Å². The van der Waals surface area contributed by atoms with Crippen LogP contribution in [-0.4, -0.2) is 50.5 Å². The molecular weight excluding hydrogens is 334 g/mol. The minimum atomic E-state index is -0.109. The zero-order chi connectivity index (χ0) is 17.0. The van der Waals surface area contributed by atoms with Crippen LogP contribution in [0.3, 0.4) is 0 Å². The molecule has 0 radical (unpaired) electrons. The Morgan fingerprint density at radius 3 is 2.74 bits per heavy atom. The zero-order valence-electron chi connectivity index (χ0n) is 13.7. The Morgan fingerprint density at radius 2 is 2.13 bits per heavy atom. The van der Waals surface area contributed by atoms with E-state index in [0.29, 0.717) is 16.8 Å². The van der Waals surface area contributed by atoms with E-state index in [1.165, 1.54) is 6.08 Å². The largest absolute Gasteiger partial charge is 0.361 e. The van der Waals surface area contributed by atoms with E-state index in [2.05, 4.69) is 17.3 Å². The maximum Gasteiger partial charge on any atom is 0.265 e. The summed E-state index contributed by atoms with van der Waals surface area (Å²) in [6, 6.07) is 0.